The molecule has 0 spiro atoms. The molecule has 9 heteroatoms. The van der Waals surface area contributed by atoms with E-state index in [-0.39, 0.29) is 11.6 Å². The van der Waals surface area contributed by atoms with Crippen LogP contribution >= 0.6 is 0 Å². The first-order chi connectivity index (χ1) is 17.3. The van der Waals surface area contributed by atoms with Crippen molar-refractivity contribution in [3.05, 3.63) is 77.9 Å². The lowest BCUT2D eigenvalue weighted by atomic mass is 10.0. The highest BCUT2D eigenvalue weighted by atomic mass is 19.4. The summed E-state index contributed by atoms with van der Waals surface area (Å²) in [5.74, 6) is 1.51. The van der Waals surface area contributed by atoms with Gasteiger partial charge in [-0.1, -0.05) is 6.08 Å². The molecule has 2 aromatic carbocycles. The summed E-state index contributed by atoms with van der Waals surface area (Å²) in [5.41, 5.74) is 1.27. The van der Waals surface area contributed by atoms with Crippen molar-refractivity contribution >= 4 is 11.3 Å². The van der Waals surface area contributed by atoms with Crippen molar-refractivity contribution in [2.75, 3.05) is 25.2 Å². The number of halogens is 3. The molecule has 1 heterocycles. The van der Waals surface area contributed by atoms with Crippen molar-refractivity contribution in [2.24, 2.45) is 0 Å². The van der Waals surface area contributed by atoms with Gasteiger partial charge in [0.05, 0.1) is 49.1 Å². The van der Waals surface area contributed by atoms with Crippen LogP contribution in [0.1, 0.15) is 36.6 Å². The average Bonchev–Trinajstić information content (AvgIpc) is 3.54. The Morgan fingerprint density at radius 2 is 1.92 bits per heavy atom. The van der Waals surface area contributed by atoms with Crippen molar-refractivity contribution in [3.8, 4) is 17.6 Å². The lowest BCUT2D eigenvalue weighted by Crippen LogP contribution is -2.33. The number of nitriles is 1. The maximum absolute atomic E-state index is 13.5. The molecule has 188 valence electrons. The van der Waals surface area contributed by atoms with Crippen LogP contribution in [0, 0.1) is 11.3 Å². The zero-order valence-electron chi connectivity index (χ0n) is 20.1. The molecule has 4 rings (SSSR count). The third-order valence-corrected chi connectivity index (χ3v) is 6.34. The van der Waals surface area contributed by atoms with Crippen molar-refractivity contribution in [1.82, 2.24) is 9.55 Å². The lowest BCUT2D eigenvalue weighted by Gasteiger charge is -2.31. The number of nitrogens with zero attached hydrogens (tertiary/aromatic N) is 4. The van der Waals surface area contributed by atoms with Crippen LogP contribution in [-0.2, 0) is 12.7 Å². The highest BCUT2D eigenvalue weighted by molar-refractivity contribution is 5.67. The maximum atomic E-state index is 13.5. The Balaban J connectivity index is 1.42. The standard InChI is InChI=1S/C27H27F3N4O2/c1-3-34(22-7-5-20(16-31)25(15-22)27(28,29)30)21-6-4-19(14-21)26-17-32-18-33(26)12-13-36-24-10-8-23(35-2)9-11-24/h4-5,7-11,15,17-18,21H,3,6,12-14H2,1-2H3. The van der Waals surface area contributed by atoms with Crippen LogP contribution in [0.4, 0.5) is 18.9 Å². The monoisotopic (exact) mass is 496 g/mol. The van der Waals surface area contributed by atoms with E-state index in [1.165, 1.54) is 6.07 Å². The first-order valence-corrected chi connectivity index (χ1v) is 11.7. The number of methoxy groups -OCH3 is 1. The third kappa shape index (κ3) is 5.48. The molecule has 0 amide bonds. The summed E-state index contributed by atoms with van der Waals surface area (Å²) in [6, 6.07) is 13.0. The second kappa shape index (κ2) is 10.8. The molecule has 0 N–H and O–H groups in total. The Labute approximate surface area is 208 Å². The van der Waals surface area contributed by atoms with Gasteiger partial charge < -0.3 is 18.9 Å². The fourth-order valence-electron chi connectivity index (χ4n) is 4.54. The van der Waals surface area contributed by atoms with Crippen LogP contribution < -0.4 is 14.4 Å². The predicted octanol–water partition coefficient (Wildman–Crippen LogP) is 5.93. The summed E-state index contributed by atoms with van der Waals surface area (Å²) in [6.07, 6.45) is 2.49. The molecule has 0 saturated carbocycles. The van der Waals surface area contributed by atoms with Crippen molar-refractivity contribution in [3.63, 3.8) is 0 Å². The molecule has 3 aromatic rings. The zero-order chi connectivity index (χ0) is 25.7. The Morgan fingerprint density at radius 3 is 2.58 bits per heavy atom. The van der Waals surface area contributed by atoms with E-state index in [0.717, 1.165) is 28.8 Å². The Hall–Kier alpha value is -3.93. The minimum absolute atomic E-state index is 0.0120. The van der Waals surface area contributed by atoms with Gasteiger partial charge >= 0.3 is 6.18 Å². The van der Waals surface area contributed by atoms with Gasteiger partial charge in [0.1, 0.15) is 18.1 Å². The van der Waals surface area contributed by atoms with E-state index >= 15 is 0 Å². The molecule has 0 radical (unpaired) electrons. The Kier molecular flexibility index (Phi) is 7.53. The number of alkyl halides is 3. The van der Waals surface area contributed by atoms with E-state index in [1.54, 1.807) is 31.8 Å². The van der Waals surface area contributed by atoms with Gasteiger partial charge in [0.2, 0.25) is 0 Å². The maximum Gasteiger partial charge on any atom is 0.417 e. The minimum atomic E-state index is -4.58. The van der Waals surface area contributed by atoms with E-state index < -0.39 is 11.7 Å². The van der Waals surface area contributed by atoms with E-state index in [1.807, 2.05) is 40.7 Å². The van der Waals surface area contributed by atoms with Crippen LogP contribution in [0.25, 0.3) is 5.57 Å². The molecule has 0 aliphatic heterocycles. The van der Waals surface area contributed by atoms with Gasteiger partial charge in [-0.25, -0.2) is 4.98 Å². The van der Waals surface area contributed by atoms with Crippen LogP contribution in [0.15, 0.2) is 61.1 Å². The molecule has 1 aliphatic carbocycles. The number of aromatic nitrogens is 2. The zero-order valence-corrected chi connectivity index (χ0v) is 20.1. The van der Waals surface area contributed by atoms with Crippen molar-refractivity contribution < 1.29 is 22.6 Å². The fourth-order valence-corrected chi connectivity index (χ4v) is 4.54. The first kappa shape index (κ1) is 25.2. The van der Waals surface area contributed by atoms with Crippen LogP contribution in [0.2, 0.25) is 0 Å². The second-order valence-corrected chi connectivity index (χ2v) is 8.44. The Bertz CT molecular complexity index is 1260. The van der Waals surface area contributed by atoms with Gasteiger partial charge in [0, 0.05) is 18.3 Å². The molecule has 36 heavy (non-hydrogen) atoms. The predicted molar refractivity (Wildman–Crippen MR) is 131 cm³/mol. The lowest BCUT2D eigenvalue weighted by molar-refractivity contribution is -0.137. The van der Waals surface area contributed by atoms with E-state index in [4.69, 9.17) is 14.7 Å². The summed E-state index contributed by atoms with van der Waals surface area (Å²) < 4.78 is 53.5. The van der Waals surface area contributed by atoms with Crippen LogP contribution in [0.5, 0.6) is 11.5 Å². The number of hydrogen-bond acceptors (Lipinski definition) is 5. The molecule has 1 aliphatic rings. The second-order valence-electron chi connectivity index (χ2n) is 8.44. The van der Waals surface area contributed by atoms with Crippen LogP contribution in [-0.4, -0.2) is 35.9 Å². The molecule has 6 nitrogen and oxygen atoms in total. The van der Waals surface area contributed by atoms with Gasteiger partial charge in [0.15, 0.2) is 0 Å². The number of anilines is 1. The number of ether oxygens (including phenoxy) is 2. The number of rotatable bonds is 9. The molecular formula is C27H27F3N4O2. The summed E-state index contributed by atoms with van der Waals surface area (Å²) in [7, 11) is 1.61. The van der Waals surface area contributed by atoms with Gasteiger partial charge in [-0.2, -0.15) is 18.4 Å². The largest absolute Gasteiger partial charge is 0.497 e. The van der Waals surface area contributed by atoms with Gasteiger partial charge in [-0.15, -0.1) is 0 Å². The number of hydrogen-bond donors (Lipinski definition) is 0. The topological polar surface area (TPSA) is 63.3 Å². The molecule has 1 aromatic heterocycles. The quantitative estimate of drug-likeness (QED) is 0.367. The van der Waals surface area contributed by atoms with Gasteiger partial charge in [-0.3, -0.25) is 0 Å². The SMILES string of the molecule is CCN(c1ccc(C#N)c(C(F)(F)F)c1)C1CC=C(c2cncn2CCOc2ccc(OC)cc2)C1. The van der Waals surface area contributed by atoms with Crippen molar-refractivity contribution in [2.45, 2.75) is 38.5 Å². The van der Waals surface area contributed by atoms with E-state index in [2.05, 4.69) is 11.1 Å². The van der Waals surface area contributed by atoms with Gasteiger partial charge in [-0.05, 0) is 67.8 Å². The highest BCUT2D eigenvalue weighted by Crippen LogP contribution is 2.37. The summed E-state index contributed by atoms with van der Waals surface area (Å²) in [5, 5.41) is 9.10. The average molecular weight is 497 g/mol. The third-order valence-electron chi connectivity index (χ3n) is 6.34. The minimum Gasteiger partial charge on any atom is -0.497 e. The summed E-state index contributed by atoms with van der Waals surface area (Å²) >= 11 is 0. The van der Waals surface area contributed by atoms with Gasteiger partial charge in [0.25, 0.3) is 0 Å². The Morgan fingerprint density at radius 1 is 1.17 bits per heavy atom. The highest BCUT2D eigenvalue weighted by Gasteiger charge is 2.35. The molecule has 0 bridgehead atoms. The molecule has 1 atom stereocenters. The number of benzene rings is 2. The van der Waals surface area contributed by atoms with Crippen LogP contribution in [0.3, 0.4) is 0 Å². The normalized spacial score (nSPS) is 15.3. The molecule has 1 unspecified atom stereocenters. The molecule has 0 saturated heterocycles. The smallest absolute Gasteiger partial charge is 0.417 e. The summed E-state index contributed by atoms with van der Waals surface area (Å²) in [6.45, 7) is 3.53. The fraction of sp³-hybridized carbons (Fsp3) is 0.333. The molecule has 0 fully saturated rings. The van der Waals surface area contributed by atoms with E-state index in [0.29, 0.717) is 38.2 Å². The summed E-state index contributed by atoms with van der Waals surface area (Å²) in [4.78, 5) is 6.27. The van der Waals surface area contributed by atoms with Crippen molar-refractivity contribution in [1.29, 1.82) is 5.26 Å². The molecular weight excluding hydrogens is 469 g/mol. The first-order valence-electron chi connectivity index (χ1n) is 11.7. The number of imidazole rings is 1. The van der Waals surface area contributed by atoms with E-state index in [9.17, 15) is 13.2 Å².